The van der Waals surface area contributed by atoms with Crippen LogP contribution in [0.4, 0.5) is 0 Å². The third-order valence-corrected chi connectivity index (χ3v) is 2.35. The quantitative estimate of drug-likeness (QED) is 0.459. The van der Waals surface area contributed by atoms with Crippen molar-refractivity contribution in [2.24, 2.45) is 0 Å². The molecule has 1 aromatic rings. The molecule has 1 rings (SSSR count). The fourth-order valence-electron chi connectivity index (χ4n) is 1.51. The minimum Gasteiger partial charge on any atom is -0.504 e. The number of phenolic OH excluding ortho intramolecular Hbond substituents is 1. The van der Waals surface area contributed by atoms with Gasteiger partial charge in [0.05, 0.1) is 0 Å². The molecule has 0 saturated carbocycles. The Hall–Kier alpha value is -1.97. The summed E-state index contributed by atoms with van der Waals surface area (Å²) in [5.41, 5.74) is 0.859. The summed E-state index contributed by atoms with van der Waals surface area (Å²) in [7, 11) is 0. The second-order valence-electron chi connectivity index (χ2n) is 3.73. The van der Waals surface area contributed by atoms with Crippen LogP contribution in [0.3, 0.4) is 0 Å². The van der Waals surface area contributed by atoms with Gasteiger partial charge >= 0.3 is 5.97 Å². The highest BCUT2D eigenvalue weighted by Crippen LogP contribution is 2.30. The van der Waals surface area contributed by atoms with Crippen LogP contribution in [-0.4, -0.2) is 24.3 Å². The standard InChI is InChI=1S/C14H18O4/c1-3-6-11-7-5-8-12(14(11)16)17-9-10-18-13(15)4-2/h4-5,7-8,16H,2-3,6,9-10H2,1H3. The van der Waals surface area contributed by atoms with Gasteiger partial charge in [-0.1, -0.05) is 32.1 Å². The maximum atomic E-state index is 10.8. The van der Waals surface area contributed by atoms with E-state index in [1.54, 1.807) is 6.07 Å². The van der Waals surface area contributed by atoms with E-state index >= 15 is 0 Å². The van der Waals surface area contributed by atoms with Gasteiger partial charge in [0, 0.05) is 6.08 Å². The Bertz CT molecular complexity index is 412. The summed E-state index contributed by atoms with van der Waals surface area (Å²) >= 11 is 0. The maximum Gasteiger partial charge on any atom is 0.330 e. The summed E-state index contributed by atoms with van der Waals surface area (Å²) in [4.78, 5) is 10.8. The minimum absolute atomic E-state index is 0.127. The van der Waals surface area contributed by atoms with Gasteiger partial charge in [0.1, 0.15) is 13.2 Å². The van der Waals surface area contributed by atoms with Crippen molar-refractivity contribution in [3.8, 4) is 11.5 Å². The van der Waals surface area contributed by atoms with E-state index in [-0.39, 0.29) is 19.0 Å². The number of para-hydroxylation sites is 1. The summed E-state index contributed by atoms with van der Waals surface area (Å²) < 4.78 is 10.1. The molecule has 0 amide bonds. The van der Waals surface area contributed by atoms with Crippen molar-refractivity contribution in [3.63, 3.8) is 0 Å². The Balaban J connectivity index is 2.49. The molecule has 0 aromatic heterocycles. The number of hydrogen-bond donors (Lipinski definition) is 1. The van der Waals surface area contributed by atoms with Crippen LogP contribution < -0.4 is 4.74 Å². The van der Waals surface area contributed by atoms with Crippen LogP contribution in [0.15, 0.2) is 30.9 Å². The molecule has 4 heteroatoms. The number of carbonyl (C=O) groups is 1. The zero-order valence-electron chi connectivity index (χ0n) is 10.5. The fraction of sp³-hybridized carbons (Fsp3) is 0.357. The summed E-state index contributed by atoms with van der Waals surface area (Å²) in [5.74, 6) is 0.0903. The lowest BCUT2D eigenvalue weighted by Gasteiger charge is -2.10. The number of rotatable bonds is 7. The van der Waals surface area contributed by atoms with Crippen molar-refractivity contribution in [1.29, 1.82) is 0 Å². The number of aromatic hydroxyl groups is 1. The van der Waals surface area contributed by atoms with Gasteiger partial charge in [-0.25, -0.2) is 4.79 Å². The van der Waals surface area contributed by atoms with Gasteiger partial charge in [0.25, 0.3) is 0 Å². The molecular formula is C14H18O4. The maximum absolute atomic E-state index is 10.8. The number of aryl methyl sites for hydroxylation is 1. The molecule has 0 saturated heterocycles. The highest BCUT2D eigenvalue weighted by molar-refractivity contribution is 5.81. The summed E-state index contributed by atoms with van der Waals surface area (Å²) in [6, 6.07) is 5.38. The van der Waals surface area contributed by atoms with Gasteiger partial charge in [-0.05, 0) is 18.1 Å². The third kappa shape index (κ3) is 4.13. The Labute approximate surface area is 107 Å². The van der Waals surface area contributed by atoms with Crippen LogP contribution in [0.5, 0.6) is 11.5 Å². The predicted octanol–water partition coefficient (Wildman–Crippen LogP) is 2.45. The van der Waals surface area contributed by atoms with E-state index in [2.05, 4.69) is 6.58 Å². The van der Waals surface area contributed by atoms with Gasteiger partial charge in [-0.3, -0.25) is 0 Å². The Kier molecular flexibility index (Phi) is 5.77. The van der Waals surface area contributed by atoms with E-state index in [0.29, 0.717) is 5.75 Å². The van der Waals surface area contributed by atoms with Crippen LogP contribution in [0.1, 0.15) is 18.9 Å². The molecule has 18 heavy (non-hydrogen) atoms. The lowest BCUT2D eigenvalue weighted by atomic mass is 10.1. The van der Waals surface area contributed by atoms with Gasteiger partial charge in [0.2, 0.25) is 0 Å². The summed E-state index contributed by atoms with van der Waals surface area (Å²) in [5, 5.41) is 9.93. The molecule has 0 aliphatic heterocycles. The highest BCUT2D eigenvalue weighted by atomic mass is 16.6. The third-order valence-electron chi connectivity index (χ3n) is 2.35. The molecule has 0 heterocycles. The van der Waals surface area contributed by atoms with Crippen molar-refractivity contribution in [1.82, 2.24) is 0 Å². The van der Waals surface area contributed by atoms with E-state index in [1.807, 2.05) is 19.1 Å². The molecule has 0 bridgehead atoms. The molecular weight excluding hydrogens is 232 g/mol. The normalized spacial score (nSPS) is 9.83. The second-order valence-corrected chi connectivity index (χ2v) is 3.73. The van der Waals surface area contributed by atoms with Gasteiger partial charge in [-0.2, -0.15) is 0 Å². The first-order valence-corrected chi connectivity index (χ1v) is 5.91. The first kappa shape index (κ1) is 14.1. The zero-order chi connectivity index (χ0) is 13.4. The van der Waals surface area contributed by atoms with Crippen molar-refractivity contribution < 1.29 is 19.4 Å². The van der Waals surface area contributed by atoms with E-state index < -0.39 is 5.97 Å². The first-order chi connectivity index (χ1) is 8.69. The number of ether oxygens (including phenoxy) is 2. The topological polar surface area (TPSA) is 55.8 Å². The number of benzene rings is 1. The first-order valence-electron chi connectivity index (χ1n) is 5.91. The van der Waals surface area contributed by atoms with Crippen LogP contribution in [-0.2, 0) is 16.0 Å². The lowest BCUT2D eigenvalue weighted by molar-refractivity contribution is -0.138. The molecule has 0 unspecified atom stereocenters. The summed E-state index contributed by atoms with van der Waals surface area (Å²) in [6.07, 6.45) is 2.85. The zero-order valence-corrected chi connectivity index (χ0v) is 10.5. The van der Waals surface area contributed by atoms with E-state index in [1.165, 1.54) is 0 Å². The molecule has 0 spiro atoms. The van der Waals surface area contributed by atoms with E-state index in [0.717, 1.165) is 24.5 Å². The minimum atomic E-state index is -0.484. The predicted molar refractivity (Wildman–Crippen MR) is 68.8 cm³/mol. The van der Waals surface area contributed by atoms with Gasteiger partial charge in [0.15, 0.2) is 11.5 Å². The van der Waals surface area contributed by atoms with Crippen molar-refractivity contribution in [3.05, 3.63) is 36.4 Å². The SMILES string of the molecule is C=CC(=O)OCCOc1cccc(CCC)c1O. The number of carbonyl (C=O) groups excluding carboxylic acids is 1. The van der Waals surface area contributed by atoms with Crippen LogP contribution in [0, 0.1) is 0 Å². The lowest BCUT2D eigenvalue weighted by Crippen LogP contribution is -2.10. The Morgan fingerprint density at radius 1 is 1.44 bits per heavy atom. The largest absolute Gasteiger partial charge is 0.504 e. The molecule has 0 radical (unpaired) electrons. The molecule has 0 aliphatic rings. The van der Waals surface area contributed by atoms with Crippen molar-refractivity contribution >= 4 is 5.97 Å². The molecule has 1 N–H and O–H groups in total. The van der Waals surface area contributed by atoms with Crippen molar-refractivity contribution in [2.75, 3.05) is 13.2 Å². The smallest absolute Gasteiger partial charge is 0.330 e. The number of hydrogen-bond acceptors (Lipinski definition) is 4. The number of esters is 1. The average Bonchev–Trinajstić information content (AvgIpc) is 2.38. The fourth-order valence-corrected chi connectivity index (χ4v) is 1.51. The molecule has 4 nitrogen and oxygen atoms in total. The number of phenols is 1. The summed E-state index contributed by atoms with van der Waals surface area (Å²) in [6.45, 7) is 5.66. The van der Waals surface area contributed by atoms with Crippen LogP contribution in [0.25, 0.3) is 0 Å². The van der Waals surface area contributed by atoms with E-state index in [9.17, 15) is 9.90 Å². The average molecular weight is 250 g/mol. The Morgan fingerprint density at radius 2 is 2.22 bits per heavy atom. The molecule has 0 aliphatic carbocycles. The van der Waals surface area contributed by atoms with Crippen LogP contribution in [0.2, 0.25) is 0 Å². The van der Waals surface area contributed by atoms with E-state index in [4.69, 9.17) is 9.47 Å². The van der Waals surface area contributed by atoms with Gasteiger partial charge in [-0.15, -0.1) is 0 Å². The highest BCUT2D eigenvalue weighted by Gasteiger charge is 2.07. The monoisotopic (exact) mass is 250 g/mol. The second kappa shape index (κ2) is 7.37. The molecule has 98 valence electrons. The van der Waals surface area contributed by atoms with Crippen LogP contribution >= 0.6 is 0 Å². The Morgan fingerprint density at radius 3 is 2.89 bits per heavy atom. The molecule has 0 fully saturated rings. The van der Waals surface area contributed by atoms with Crippen molar-refractivity contribution in [2.45, 2.75) is 19.8 Å². The van der Waals surface area contributed by atoms with Gasteiger partial charge < -0.3 is 14.6 Å². The molecule has 1 aromatic carbocycles. The molecule has 0 atom stereocenters.